The quantitative estimate of drug-likeness (QED) is 0.872. The van der Waals surface area contributed by atoms with E-state index in [4.69, 9.17) is 5.73 Å². The van der Waals surface area contributed by atoms with Gasteiger partial charge in [-0.2, -0.15) is 0 Å². The number of nitrogens with one attached hydrogen (secondary N) is 1. The van der Waals surface area contributed by atoms with E-state index >= 15 is 0 Å². The van der Waals surface area contributed by atoms with Crippen LogP contribution in [0, 0.1) is 6.92 Å². The van der Waals surface area contributed by atoms with Crippen molar-refractivity contribution in [3.05, 3.63) is 23.9 Å². The zero-order chi connectivity index (χ0) is 18.2. The fourth-order valence-corrected chi connectivity index (χ4v) is 2.27. The Labute approximate surface area is 146 Å². The minimum Gasteiger partial charge on any atom is -0.384 e. The maximum absolute atomic E-state index is 11.8. The van der Waals surface area contributed by atoms with E-state index in [9.17, 15) is 4.79 Å². The van der Waals surface area contributed by atoms with E-state index in [0.717, 1.165) is 38.2 Å². The van der Waals surface area contributed by atoms with Gasteiger partial charge < -0.3 is 16.0 Å². The highest BCUT2D eigenvalue weighted by molar-refractivity contribution is 5.78. The average Bonchev–Trinajstić information content (AvgIpc) is 2.49. The monoisotopic (exact) mass is 335 g/mol. The number of hydrogen-bond donors (Lipinski definition) is 2. The lowest BCUT2D eigenvalue weighted by Gasteiger charge is -2.33. The van der Waals surface area contributed by atoms with Crippen molar-refractivity contribution in [3.63, 3.8) is 0 Å². The third-order valence-corrected chi connectivity index (χ3v) is 4.26. The Kier molecular flexibility index (Phi) is 8.15. The van der Waals surface area contributed by atoms with Crippen molar-refractivity contribution in [3.8, 4) is 0 Å². The van der Waals surface area contributed by atoms with Gasteiger partial charge in [-0.3, -0.25) is 9.69 Å². The number of nitrogen functional groups attached to an aromatic ring is 1. The molecule has 24 heavy (non-hydrogen) atoms. The van der Waals surface area contributed by atoms with Gasteiger partial charge in [0.25, 0.3) is 0 Å². The lowest BCUT2D eigenvalue weighted by Crippen LogP contribution is -2.51. The molecular formula is C18H33N5O. The molecule has 6 nitrogen and oxygen atoms in total. The number of amides is 1. The summed E-state index contributed by atoms with van der Waals surface area (Å²) >= 11 is 0. The number of pyridine rings is 1. The Morgan fingerprint density at radius 1 is 1.33 bits per heavy atom. The molecule has 0 aliphatic carbocycles. The predicted octanol–water partition coefficient (Wildman–Crippen LogP) is 1.51. The van der Waals surface area contributed by atoms with Crippen LogP contribution in [0.2, 0.25) is 0 Å². The van der Waals surface area contributed by atoms with Crippen LogP contribution in [0.25, 0.3) is 0 Å². The van der Waals surface area contributed by atoms with Crippen LogP contribution in [-0.2, 0) is 4.79 Å². The van der Waals surface area contributed by atoms with Crippen LogP contribution in [0.4, 0.5) is 5.82 Å². The van der Waals surface area contributed by atoms with E-state index in [0.29, 0.717) is 12.4 Å². The number of rotatable bonds is 4. The molecule has 6 heteroatoms. The number of nitrogens with zero attached hydrogens (tertiary/aromatic N) is 3. The molecule has 1 fully saturated rings. The molecule has 0 spiro atoms. The summed E-state index contributed by atoms with van der Waals surface area (Å²) < 4.78 is 0. The fraction of sp³-hybridized carbons (Fsp3) is 0.667. The molecule has 0 bridgehead atoms. The molecular weight excluding hydrogens is 302 g/mol. The first-order chi connectivity index (χ1) is 11.2. The molecule has 1 saturated heterocycles. The van der Waals surface area contributed by atoms with Crippen molar-refractivity contribution in [2.45, 2.75) is 39.7 Å². The second-order valence-corrected chi connectivity index (χ2v) is 7.12. The first-order valence-electron chi connectivity index (χ1n) is 8.62. The summed E-state index contributed by atoms with van der Waals surface area (Å²) in [5.74, 6) is 0.737. The molecule has 0 atom stereocenters. The molecule has 0 unspecified atom stereocenters. The molecule has 1 aromatic heterocycles. The minimum atomic E-state index is -0.0797. The normalized spacial score (nSPS) is 16.2. The van der Waals surface area contributed by atoms with Gasteiger partial charge in [0.2, 0.25) is 5.91 Å². The van der Waals surface area contributed by atoms with Gasteiger partial charge in [-0.25, -0.2) is 4.98 Å². The lowest BCUT2D eigenvalue weighted by molar-refractivity contribution is -0.124. The fourth-order valence-electron chi connectivity index (χ4n) is 2.27. The van der Waals surface area contributed by atoms with E-state index in [1.807, 2.05) is 19.1 Å². The Hall–Kier alpha value is -1.66. The Morgan fingerprint density at radius 3 is 2.42 bits per heavy atom. The topological polar surface area (TPSA) is 74.5 Å². The van der Waals surface area contributed by atoms with Gasteiger partial charge in [0, 0.05) is 37.9 Å². The van der Waals surface area contributed by atoms with Gasteiger partial charge >= 0.3 is 0 Å². The zero-order valence-corrected chi connectivity index (χ0v) is 15.8. The van der Waals surface area contributed by atoms with Crippen molar-refractivity contribution < 1.29 is 4.79 Å². The predicted molar refractivity (Wildman–Crippen MR) is 99.8 cm³/mol. The third-order valence-electron chi connectivity index (χ3n) is 4.26. The summed E-state index contributed by atoms with van der Waals surface area (Å²) in [7, 11) is 2.12. The van der Waals surface area contributed by atoms with E-state index in [1.54, 1.807) is 6.20 Å². The first kappa shape index (κ1) is 20.4. The van der Waals surface area contributed by atoms with Crippen LogP contribution >= 0.6 is 0 Å². The summed E-state index contributed by atoms with van der Waals surface area (Å²) in [4.78, 5) is 20.1. The van der Waals surface area contributed by atoms with Gasteiger partial charge in [0.1, 0.15) is 5.82 Å². The van der Waals surface area contributed by atoms with E-state index in [1.165, 1.54) is 0 Å². The highest BCUT2D eigenvalue weighted by Crippen LogP contribution is 2.07. The molecule has 0 aromatic carbocycles. The number of anilines is 1. The van der Waals surface area contributed by atoms with Crippen LogP contribution in [0.15, 0.2) is 18.3 Å². The number of aryl methyl sites for hydroxylation is 1. The summed E-state index contributed by atoms with van der Waals surface area (Å²) in [6.07, 6.45) is 2.66. The number of carbonyl (C=O) groups is 1. The number of nitrogens with two attached hydrogens (primary N) is 1. The number of carbonyl (C=O) groups excluding carboxylic acids is 1. The molecule has 3 N–H and O–H groups in total. The van der Waals surface area contributed by atoms with Crippen LogP contribution in [0.5, 0.6) is 0 Å². The number of likely N-dealkylation sites (N-methyl/N-ethyl adjacent to an activating group) is 1. The van der Waals surface area contributed by atoms with E-state index in [2.05, 4.69) is 47.9 Å². The van der Waals surface area contributed by atoms with Gasteiger partial charge in [-0.15, -0.1) is 0 Å². The molecule has 1 amide bonds. The Morgan fingerprint density at radius 2 is 1.96 bits per heavy atom. The van der Waals surface area contributed by atoms with Gasteiger partial charge in [-0.05, 0) is 51.9 Å². The second-order valence-electron chi connectivity index (χ2n) is 7.12. The van der Waals surface area contributed by atoms with Gasteiger partial charge in [0.15, 0.2) is 0 Å². The second kappa shape index (κ2) is 9.59. The van der Waals surface area contributed by atoms with E-state index in [-0.39, 0.29) is 11.4 Å². The highest BCUT2D eigenvalue weighted by atomic mass is 16.2. The van der Waals surface area contributed by atoms with Crippen molar-refractivity contribution in [1.29, 1.82) is 0 Å². The molecule has 136 valence electrons. The molecule has 0 saturated carbocycles. The van der Waals surface area contributed by atoms with Crippen LogP contribution in [-0.4, -0.2) is 66.0 Å². The summed E-state index contributed by atoms with van der Waals surface area (Å²) in [6, 6.07) is 3.75. The van der Waals surface area contributed by atoms with Crippen LogP contribution in [0.1, 0.15) is 32.8 Å². The lowest BCUT2D eigenvalue weighted by atomic mass is 10.0. The van der Waals surface area contributed by atoms with Crippen molar-refractivity contribution >= 4 is 11.7 Å². The van der Waals surface area contributed by atoms with Gasteiger partial charge in [-0.1, -0.05) is 6.92 Å². The van der Waals surface area contributed by atoms with Crippen molar-refractivity contribution in [2.24, 2.45) is 0 Å². The highest BCUT2D eigenvalue weighted by Gasteiger charge is 2.21. The smallest absolute Gasteiger partial charge is 0.234 e. The number of hydrogen-bond acceptors (Lipinski definition) is 5. The number of piperazine rings is 1. The third kappa shape index (κ3) is 8.26. The number of aromatic nitrogens is 1. The standard InChI is InChI=1S/C12H25N3O.C6H8N2/c1-5-12(2,3)13-11(16)10-15-8-6-14(4)7-9-15;1-5-2-3-8-6(7)4-5/h5-10H2,1-4H3,(H,13,16);2-4H,1H3,(H2,7,8). The first-order valence-corrected chi connectivity index (χ1v) is 8.62. The van der Waals surface area contributed by atoms with E-state index < -0.39 is 0 Å². The average molecular weight is 335 g/mol. The SMILES string of the molecule is CCC(C)(C)NC(=O)CN1CCN(C)CC1.Cc1ccnc(N)c1. The molecule has 1 aliphatic heterocycles. The molecule has 2 rings (SSSR count). The molecule has 1 aromatic rings. The molecule has 2 heterocycles. The Bertz CT molecular complexity index is 493. The summed E-state index contributed by atoms with van der Waals surface area (Å²) in [6.45, 7) is 12.9. The zero-order valence-electron chi connectivity index (χ0n) is 15.8. The van der Waals surface area contributed by atoms with Crippen LogP contribution in [0.3, 0.4) is 0 Å². The van der Waals surface area contributed by atoms with Crippen molar-refractivity contribution in [2.75, 3.05) is 45.5 Å². The molecule has 1 aliphatic rings. The minimum absolute atomic E-state index is 0.0797. The molecule has 0 radical (unpaired) electrons. The maximum Gasteiger partial charge on any atom is 0.234 e. The summed E-state index contributed by atoms with van der Waals surface area (Å²) in [5, 5.41) is 3.07. The Balaban J connectivity index is 0.000000300. The van der Waals surface area contributed by atoms with Crippen molar-refractivity contribution in [1.82, 2.24) is 20.1 Å². The van der Waals surface area contributed by atoms with Crippen LogP contribution < -0.4 is 11.1 Å². The maximum atomic E-state index is 11.8. The summed E-state index contributed by atoms with van der Waals surface area (Å²) in [5.41, 5.74) is 6.42. The van der Waals surface area contributed by atoms with Gasteiger partial charge in [0.05, 0.1) is 6.54 Å². The largest absolute Gasteiger partial charge is 0.384 e.